The van der Waals surface area contributed by atoms with E-state index in [1.165, 1.54) is 20.3 Å². The van der Waals surface area contributed by atoms with Crippen LogP contribution in [-0.4, -0.2) is 25.3 Å². The molecule has 0 fully saturated rings. The van der Waals surface area contributed by atoms with Crippen molar-refractivity contribution in [3.8, 4) is 11.5 Å². The standard InChI is InChI=1S/C13H16BrFO4/c1-13(2,6-9(16)17)7-5-8(15)12(19-4)10(14)11(7)18-3/h5H,6H2,1-4H3,(H,16,17). The van der Waals surface area contributed by atoms with Gasteiger partial charge in [-0.05, 0) is 22.0 Å². The van der Waals surface area contributed by atoms with E-state index in [0.29, 0.717) is 15.8 Å². The molecule has 0 saturated carbocycles. The predicted octanol–water partition coefficient (Wildman–Crippen LogP) is 3.36. The zero-order chi connectivity index (χ0) is 14.8. The van der Waals surface area contributed by atoms with Crippen LogP contribution < -0.4 is 9.47 Å². The van der Waals surface area contributed by atoms with Gasteiger partial charge in [0.1, 0.15) is 10.2 Å². The van der Waals surface area contributed by atoms with Crippen molar-refractivity contribution in [3.05, 3.63) is 21.9 Å². The lowest BCUT2D eigenvalue weighted by Crippen LogP contribution is -2.23. The smallest absolute Gasteiger partial charge is 0.304 e. The van der Waals surface area contributed by atoms with Crippen LogP contribution >= 0.6 is 15.9 Å². The number of benzene rings is 1. The number of carboxylic acid groups (broad SMARTS) is 1. The highest BCUT2D eigenvalue weighted by atomic mass is 79.9. The summed E-state index contributed by atoms with van der Waals surface area (Å²) < 4.78 is 24.5. The molecule has 0 heterocycles. The average molecular weight is 335 g/mol. The van der Waals surface area contributed by atoms with Crippen LogP contribution in [0.1, 0.15) is 25.8 Å². The highest BCUT2D eigenvalue weighted by Crippen LogP contribution is 2.44. The molecule has 0 aliphatic rings. The first-order valence-corrected chi connectivity index (χ1v) is 6.36. The van der Waals surface area contributed by atoms with E-state index in [1.54, 1.807) is 13.8 Å². The van der Waals surface area contributed by atoms with Gasteiger partial charge in [0.15, 0.2) is 11.6 Å². The Balaban J connectivity index is 3.47. The molecule has 1 aromatic carbocycles. The number of ether oxygens (including phenoxy) is 2. The first-order valence-electron chi connectivity index (χ1n) is 5.56. The molecule has 0 spiro atoms. The van der Waals surface area contributed by atoms with E-state index in [-0.39, 0.29) is 12.2 Å². The number of aliphatic carboxylic acids is 1. The predicted molar refractivity (Wildman–Crippen MR) is 72.5 cm³/mol. The largest absolute Gasteiger partial charge is 0.495 e. The Morgan fingerprint density at radius 3 is 2.32 bits per heavy atom. The molecule has 1 rings (SSSR count). The Hall–Kier alpha value is -1.30. The van der Waals surface area contributed by atoms with Gasteiger partial charge in [-0.15, -0.1) is 0 Å². The molecule has 1 aromatic rings. The molecule has 0 bridgehead atoms. The van der Waals surface area contributed by atoms with Gasteiger partial charge in [-0.1, -0.05) is 13.8 Å². The zero-order valence-electron chi connectivity index (χ0n) is 11.2. The van der Waals surface area contributed by atoms with Gasteiger partial charge >= 0.3 is 5.97 Å². The van der Waals surface area contributed by atoms with Gasteiger partial charge in [0.25, 0.3) is 0 Å². The number of hydrogen-bond acceptors (Lipinski definition) is 3. The van der Waals surface area contributed by atoms with Crippen molar-refractivity contribution in [3.63, 3.8) is 0 Å². The van der Waals surface area contributed by atoms with Gasteiger partial charge in [0.05, 0.1) is 20.6 Å². The topological polar surface area (TPSA) is 55.8 Å². The monoisotopic (exact) mass is 334 g/mol. The van der Waals surface area contributed by atoms with Crippen LogP contribution in [0.2, 0.25) is 0 Å². The number of carboxylic acids is 1. The highest BCUT2D eigenvalue weighted by molar-refractivity contribution is 9.10. The molecule has 106 valence electrons. The Labute approximate surface area is 119 Å². The SMILES string of the molecule is COc1c(F)cc(C(C)(C)CC(=O)O)c(OC)c1Br. The molecule has 6 heteroatoms. The zero-order valence-corrected chi connectivity index (χ0v) is 12.8. The highest BCUT2D eigenvalue weighted by Gasteiger charge is 2.31. The maximum absolute atomic E-state index is 13.9. The van der Waals surface area contributed by atoms with Crippen molar-refractivity contribution >= 4 is 21.9 Å². The quantitative estimate of drug-likeness (QED) is 0.897. The third-order valence-corrected chi connectivity index (χ3v) is 3.58. The molecule has 19 heavy (non-hydrogen) atoms. The van der Waals surface area contributed by atoms with Crippen LogP contribution in [-0.2, 0) is 10.2 Å². The molecule has 0 aliphatic heterocycles. The number of rotatable bonds is 5. The van der Waals surface area contributed by atoms with Crippen molar-refractivity contribution < 1.29 is 23.8 Å². The Morgan fingerprint density at radius 2 is 1.89 bits per heavy atom. The Kier molecular flexibility index (Phi) is 4.79. The summed E-state index contributed by atoms with van der Waals surface area (Å²) in [7, 11) is 2.79. The second-order valence-electron chi connectivity index (χ2n) is 4.74. The van der Waals surface area contributed by atoms with Crippen LogP contribution in [0.15, 0.2) is 10.5 Å². The normalized spacial score (nSPS) is 11.3. The van der Waals surface area contributed by atoms with Crippen molar-refractivity contribution in [2.75, 3.05) is 14.2 Å². The summed E-state index contributed by atoms with van der Waals surface area (Å²) in [5.74, 6) is -1.11. The van der Waals surface area contributed by atoms with Crippen molar-refractivity contribution in [2.24, 2.45) is 0 Å². The first-order chi connectivity index (χ1) is 8.74. The van der Waals surface area contributed by atoms with E-state index in [0.717, 1.165) is 0 Å². The molecule has 0 unspecified atom stereocenters. The number of halogens is 2. The van der Waals surface area contributed by atoms with E-state index in [4.69, 9.17) is 14.6 Å². The minimum atomic E-state index is -0.959. The lowest BCUT2D eigenvalue weighted by molar-refractivity contribution is -0.138. The molecular weight excluding hydrogens is 319 g/mol. The maximum atomic E-state index is 13.9. The van der Waals surface area contributed by atoms with E-state index in [2.05, 4.69) is 15.9 Å². The molecule has 4 nitrogen and oxygen atoms in total. The van der Waals surface area contributed by atoms with Gasteiger partial charge in [-0.3, -0.25) is 4.79 Å². The van der Waals surface area contributed by atoms with E-state index in [9.17, 15) is 9.18 Å². The molecule has 0 aliphatic carbocycles. The third-order valence-electron chi connectivity index (χ3n) is 2.86. The Bertz CT molecular complexity index is 500. The van der Waals surface area contributed by atoms with Gasteiger partial charge in [0.2, 0.25) is 0 Å². The van der Waals surface area contributed by atoms with E-state index < -0.39 is 17.2 Å². The van der Waals surface area contributed by atoms with Crippen LogP contribution in [0.4, 0.5) is 4.39 Å². The first kappa shape index (κ1) is 15.8. The number of methoxy groups -OCH3 is 2. The number of carbonyl (C=O) groups is 1. The average Bonchev–Trinajstić information content (AvgIpc) is 2.27. The van der Waals surface area contributed by atoms with Crippen LogP contribution in [0.25, 0.3) is 0 Å². The minimum absolute atomic E-state index is 0.0340. The maximum Gasteiger partial charge on any atom is 0.304 e. The Morgan fingerprint density at radius 1 is 1.37 bits per heavy atom. The van der Waals surface area contributed by atoms with Crippen LogP contribution in [0.5, 0.6) is 11.5 Å². The lowest BCUT2D eigenvalue weighted by atomic mass is 9.81. The summed E-state index contributed by atoms with van der Waals surface area (Å²) >= 11 is 3.22. The van der Waals surface area contributed by atoms with Crippen molar-refractivity contribution in [2.45, 2.75) is 25.7 Å². The van der Waals surface area contributed by atoms with Crippen LogP contribution in [0.3, 0.4) is 0 Å². The van der Waals surface area contributed by atoms with Gasteiger partial charge in [-0.25, -0.2) is 4.39 Å². The fraction of sp³-hybridized carbons (Fsp3) is 0.462. The van der Waals surface area contributed by atoms with Crippen molar-refractivity contribution in [1.82, 2.24) is 0 Å². The molecule has 0 radical (unpaired) electrons. The molecule has 0 atom stereocenters. The lowest BCUT2D eigenvalue weighted by Gasteiger charge is -2.26. The summed E-state index contributed by atoms with van der Waals surface area (Å²) in [6.45, 7) is 3.44. The summed E-state index contributed by atoms with van der Waals surface area (Å²) in [5, 5.41) is 8.94. The van der Waals surface area contributed by atoms with E-state index in [1.807, 2.05) is 0 Å². The molecule has 0 aromatic heterocycles. The van der Waals surface area contributed by atoms with Gasteiger partial charge in [0, 0.05) is 11.0 Å². The summed E-state index contributed by atoms with van der Waals surface area (Å²) in [6, 6.07) is 1.26. The molecular formula is C13H16BrFO4. The second-order valence-corrected chi connectivity index (χ2v) is 5.53. The van der Waals surface area contributed by atoms with Crippen molar-refractivity contribution in [1.29, 1.82) is 0 Å². The molecule has 0 amide bonds. The minimum Gasteiger partial charge on any atom is -0.495 e. The third kappa shape index (κ3) is 3.18. The van der Waals surface area contributed by atoms with Gasteiger partial charge in [-0.2, -0.15) is 0 Å². The fourth-order valence-corrected chi connectivity index (χ4v) is 2.67. The van der Waals surface area contributed by atoms with Gasteiger partial charge < -0.3 is 14.6 Å². The fourth-order valence-electron chi connectivity index (χ4n) is 1.95. The van der Waals surface area contributed by atoms with E-state index >= 15 is 0 Å². The van der Waals surface area contributed by atoms with Crippen LogP contribution in [0, 0.1) is 5.82 Å². The number of hydrogen-bond donors (Lipinski definition) is 1. The summed E-state index contributed by atoms with van der Waals surface area (Å²) in [4.78, 5) is 10.9. The summed E-state index contributed by atoms with van der Waals surface area (Å²) in [5.41, 5.74) is -0.296. The molecule has 0 saturated heterocycles. The molecule has 1 N–H and O–H groups in total. The summed E-state index contributed by atoms with van der Waals surface area (Å²) in [6.07, 6.45) is -0.137. The second kappa shape index (κ2) is 5.77.